The molecule has 0 radical (unpaired) electrons. The van der Waals surface area contributed by atoms with Gasteiger partial charge in [0.2, 0.25) is 5.95 Å². The van der Waals surface area contributed by atoms with Gasteiger partial charge < -0.3 is 19.5 Å². The minimum absolute atomic E-state index is 0.0910. The third-order valence-corrected chi connectivity index (χ3v) is 5.32. The smallest absolute Gasteiger partial charge is 0.409 e. The van der Waals surface area contributed by atoms with E-state index in [4.69, 9.17) is 4.42 Å². The van der Waals surface area contributed by atoms with Gasteiger partial charge >= 0.3 is 18.1 Å². The Morgan fingerprint density at radius 3 is 2.50 bits per heavy atom. The van der Waals surface area contributed by atoms with E-state index in [1.165, 1.54) is 56.8 Å². The van der Waals surface area contributed by atoms with Gasteiger partial charge in [0.05, 0.1) is 12.2 Å². The van der Waals surface area contributed by atoms with E-state index in [1.54, 1.807) is 0 Å². The predicted octanol–water partition coefficient (Wildman–Crippen LogP) is 3.32. The molecule has 13 heteroatoms. The highest BCUT2D eigenvalue weighted by molar-refractivity contribution is 5.94. The molecule has 0 aliphatic carbocycles. The first-order valence-corrected chi connectivity index (χ1v) is 10.1. The Kier molecular flexibility index (Phi) is 6.02. The molecule has 2 unspecified atom stereocenters. The van der Waals surface area contributed by atoms with Crippen molar-refractivity contribution in [3.05, 3.63) is 65.6 Å². The molecule has 3 heterocycles. The number of hydrogen-bond acceptors (Lipinski definition) is 6. The molecule has 180 valence electrons. The van der Waals surface area contributed by atoms with Crippen molar-refractivity contribution < 1.29 is 31.6 Å². The molecule has 1 aliphatic heterocycles. The van der Waals surface area contributed by atoms with Gasteiger partial charge in [0, 0.05) is 27.2 Å². The monoisotopic (exact) mass is 480 g/mol. The van der Waals surface area contributed by atoms with Gasteiger partial charge in [-0.1, -0.05) is 12.1 Å². The van der Waals surface area contributed by atoms with E-state index in [1.807, 2.05) is 0 Å². The molecule has 1 N–H and O–H groups in total. The number of hydrogen-bond donors (Lipinski definition) is 1. The summed E-state index contributed by atoms with van der Waals surface area (Å²) >= 11 is 0. The Labute approximate surface area is 191 Å². The van der Waals surface area contributed by atoms with Crippen LogP contribution in [0, 0.1) is 5.82 Å². The maximum atomic E-state index is 13.8. The second kappa shape index (κ2) is 8.80. The summed E-state index contributed by atoms with van der Waals surface area (Å²) in [6, 6.07) is 5.45. The molecule has 2 atom stereocenters. The molecule has 34 heavy (non-hydrogen) atoms. The molecule has 0 saturated carbocycles. The number of likely N-dealkylation sites (tertiary alicyclic amines) is 1. The van der Waals surface area contributed by atoms with E-state index >= 15 is 0 Å². The number of aromatic nitrogens is 3. The average Bonchev–Trinajstić information content (AvgIpc) is 3.41. The Hall–Kier alpha value is -3.90. The Morgan fingerprint density at radius 1 is 1.21 bits per heavy atom. The first-order chi connectivity index (χ1) is 16.1. The molecule has 3 aromatic rings. The summed E-state index contributed by atoms with van der Waals surface area (Å²) in [4.78, 5) is 30.9. The first kappa shape index (κ1) is 23.3. The highest BCUT2D eigenvalue weighted by atomic mass is 19.4. The van der Waals surface area contributed by atoms with Crippen LogP contribution in [-0.2, 0) is 6.54 Å². The second-order valence-corrected chi connectivity index (χ2v) is 7.89. The quantitative estimate of drug-likeness (QED) is 0.563. The van der Waals surface area contributed by atoms with Crippen LogP contribution in [-0.4, -0.2) is 69.4 Å². The van der Waals surface area contributed by atoms with Gasteiger partial charge in [-0.15, -0.1) is 5.10 Å². The maximum absolute atomic E-state index is 13.8. The van der Waals surface area contributed by atoms with E-state index in [-0.39, 0.29) is 30.6 Å². The van der Waals surface area contributed by atoms with Gasteiger partial charge in [-0.25, -0.2) is 9.18 Å². The van der Waals surface area contributed by atoms with Crippen LogP contribution in [0.5, 0.6) is 0 Å². The number of amides is 2. The highest BCUT2D eigenvalue weighted by Gasteiger charge is 2.59. The fourth-order valence-corrected chi connectivity index (χ4v) is 3.62. The second-order valence-electron chi connectivity index (χ2n) is 7.89. The lowest BCUT2D eigenvalue weighted by atomic mass is 9.87. The van der Waals surface area contributed by atoms with Crippen LogP contribution in [0.3, 0.4) is 0 Å². The first-order valence-electron chi connectivity index (χ1n) is 10.1. The molecule has 1 aliphatic rings. The standard InChI is InChI=1S/C21H20F4N6O3/c1-29(2)20(33)30-11-14(16(30)21(23,24)25)17-27-19(26-10-12-5-7-13(22)8-6-12)31(28-17)18(32)15-4-3-9-34-15/h3-9,14,16H,10-11H2,1-2H3,(H,26,27,28). The normalized spacial score (nSPS) is 17.9. The van der Waals surface area contributed by atoms with Crippen molar-refractivity contribution in [2.45, 2.75) is 24.7 Å². The van der Waals surface area contributed by atoms with Crippen molar-refractivity contribution in [1.82, 2.24) is 24.6 Å². The van der Waals surface area contributed by atoms with Gasteiger partial charge in [-0.2, -0.15) is 22.8 Å². The fraction of sp³-hybridized carbons (Fsp3) is 0.333. The van der Waals surface area contributed by atoms with Crippen LogP contribution in [0.25, 0.3) is 0 Å². The van der Waals surface area contributed by atoms with Gasteiger partial charge in [0.1, 0.15) is 11.9 Å². The number of urea groups is 1. The zero-order chi connectivity index (χ0) is 24.6. The topological polar surface area (TPSA) is 96.5 Å². The van der Waals surface area contributed by atoms with E-state index in [0.29, 0.717) is 10.5 Å². The summed E-state index contributed by atoms with van der Waals surface area (Å²) in [6.07, 6.45) is -3.46. The van der Waals surface area contributed by atoms with Gasteiger partial charge in [-0.3, -0.25) is 4.79 Å². The Bertz CT molecular complexity index is 1170. The number of anilines is 1. The van der Waals surface area contributed by atoms with E-state index in [2.05, 4.69) is 15.4 Å². The van der Waals surface area contributed by atoms with Crippen LogP contribution >= 0.6 is 0 Å². The molecule has 2 amide bonds. The summed E-state index contributed by atoms with van der Waals surface area (Å²) in [5.74, 6) is -2.88. The van der Waals surface area contributed by atoms with Gasteiger partial charge in [0.25, 0.3) is 0 Å². The van der Waals surface area contributed by atoms with Crippen LogP contribution in [0.15, 0.2) is 47.1 Å². The molecule has 1 aromatic carbocycles. The zero-order valence-corrected chi connectivity index (χ0v) is 18.1. The molecule has 1 fully saturated rings. The number of halogens is 4. The Morgan fingerprint density at radius 2 is 1.91 bits per heavy atom. The summed E-state index contributed by atoms with van der Waals surface area (Å²) in [5, 5.41) is 6.89. The number of alkyl halides is 3. The number of nitrogens with zero attached hydrogens (tertiary/aromatic N) is 5. The average molecular weight is 480 g/mol. The van der Waals surface area contributed by atoms with E-state index in [0.717, 1.165) is 9.58 Å². The third-order valence-electron chi connectivity index (χ3n) is 5.32. The van der Waals surface area contributed by atoms with E-state index < -0.39 is 35.9 Å². The SMILES string of the molecule is CN(C)C(=O)N1CC(c2nc(NCc3ccc(F)cc3)n(C(=O)c3ccco3)n2)C1C(F)(F)F. The van der Waals surface area contributed by atoms with Crippen LogP contribution in [0.1, 0.15) is 27.9 Å². The lowest BCUT2D eigenvalue weighted by Gasteiger charge is -2.47. The van der Waals surface area contributed by atoms with Crippen LogP contribution in [0.4, 0.5) is 28.3 Å². The molecule has 9 nitrogen and oxygen atoms in total. The number of rotatable bonds is 5. The fourth-order valence-electron chi connectivity index (χ4n) is 3.62. The van der Waals surface area contributed by atoms with Crippen LogP contribution < -0.4 is 5.32 Å². The molecule has 2 aromatic heterocycles. The van der Waals surface area contributed by atoms with Crippen molar-refractivity contribution in [3.8, 4) is 0 Å². The summed E-state index contributed by atoms with van der Waals surface area (Å²) in [6.45, 7) is -0.167. The molecular formula is C21H20F4N6O3. The zero-order valence-electron chi connectivity index (χ0n) is 18.1. The number of furan rings is 1. The summed E-state index contributed by atoms with van der Waals surface area (Å²) in [7, 11) is 2.71. The predicted molar refractivity (Wildman–Crippen MR) is 111 cm³/mol. The molecule has 0 bridgehead atoms. The van der Waals surface area contributed by atoms with Gasteiger partial charge in [0.15, 0.2) is 11.6 Å². The van der Waals surface area contributed by atoms with Gasteiger partial charge in [-0.05, 0) is 29.8 Å². The molecule has 0 spiro atoms. The number of carbonyl (C=O) groups excluding carboxylic acids is 2. The summed E-state index contributed by atoms with van der Waals surface area (Å²) in [5.41, 5.74) is 0.641. The molecule has 1 saturated heterocycles. The van der Waals surface area contributed by atoms with Crippen molar-refractivity contribution in [2.24, 2.45) is 0 Å². The Balaban J connectivity index is 1.65. The van der Waals surface area contributed by atoms with Crippen LogP contribution in [0.2, 0.25) is 0 Å². The van der Waals surface area contributed by atoms with E-state index in [9.17, 15) is 27.2 Å². The minimum atomic E-state index is -4.73. The van der Waals surface area contributed by atoms with Crippen molar-refractivity contribution >= 4 is 17.9 Å². The summed E-state index contributed by atoms with van der Waals surface area (Å²) < 4.78 is 60.5. The molecular weight excluding hydrogens is 460 g/mol. The minimum Gasteiger partial charge on any atom is -0.459 e. The lowest BCUT2D eigenvalue weighted by molar-refractivity contribution is -0.209. The van der Waals surface area contributed by atoms with Crippen molar-refractivity contribution in [3.63, 3.8) is 0 Å². The van der Waals surface area contributed by atoms with Crippen molar-refractivity contribution in [1.29, 1.82) is 0 Å². The lowest BCUT2D eigenvalue weighted by Crippen LogP contribution is -2.65. The van der Waals surface area contributed by atoms with Crippen molar-refractivity contribution in [2.75, 3.05) is 26.0 Å². The number of benzene rings is 1. The number of nitrogens with one attached hydrogen (secondary N) is 1. The molecule has 4 rings (SSSR count). The number of carbonyl (C=O) groups is 2. The maximum Gasteiger partial charge on any atom is 0.409 e. The highest BCUT2D eigenvalue weighted by Crippen LogP contribution is 2.43. The largest absolute Gasteiger partial charge is 0.459 e. The third kappa shape index (κ3) is 4.45.